The van der Waals surface area contributed by atoms with Crippen LogP contribution in [0.1, 0.15) is 40.0 Å². The number of halogens is 1. The molecule has 1 saturated heterocycles. The first-order valence-electron chi connectivity index (χ1n) is 8.91. The lowest BCUT2D eigenvalue weighted by molar-refractivity contribution is 0.239. The van der Waals surface area contributed by atoms with Gasteiger partial charge in [0.2, 0.25) is 0 Å². The zero-order valence-corrected chi connectivity index (χ0v) is 15.6. The summed E-state index contributed by atoms with van der Waals surface area (Å²) in [4.78, 5) is 5.05. The van der Waals surface area contributed by atoms with Crippen LogP contribution in [0.4, 0.5) is 5.69 Å². The quantitative estimate of drug-likeness (QED) is 0.629. The molecule has 0 saturated carbocycles. The van der Waals surface area contributed by atoms with Crippen LogP contribution in [0.5, 0.6) is 0 Å². The van der Waals surface area contributed by atoms with Gasteiger partial charge in [0.05, 0.1) is 0 Å². The number of anilines is 1. The van der Waals surface area contributed by atoms with E-state index < -0.39 is 0 Å². The summed E-state index contributed by atoms with van der Waals surface area (Å²) < 4.78 is 0. The minimum absolute atomic E-state index is 0.816. The summed E-state index contributed by atoms with van der Waals surface area (Å²) in [6.45, 7) is 12.5. The van der Waals surface area contributed by atoms with Crippen LogP contribution < -0.4 is 4.90 Å². The fourth-order valence-electron chi connectivity index (χ4n) is 3.11. The van der Waals surface area contributed by atoms with Crippen molar-refractivity contribution in [3.05, 3.63) is 40.9 Å². The topological polar surface area (TPSA) is 6.48 Å². The third-order valence-electron chi connectivity index (χ3n) is 4.70. The number of piperazine rings is 1. The molecule has 0 unspecified atom stereocenters. The molecular weight excluding hydrogens is 304 g/mol. The van der Waals surface area contributed by atoms with Gasteiger partial charge in [-0.3, -0.25) is 4.90 Å². The predicted molar refractivity (Wildman–Crippen MR) is 103 cm³/mol. The Balaban J connectivity index is 1.67. The second kappa shape index (κ2) is 9.34. The van der Waals surface area contributed by atoms with Crippen molar-refractivity contribution in [2.24, 2.45) is 5.92 Å². The summed E-state index contributed by atoms with van der Waals surface area (Å²) in [7, 11) is 0. The molecule has 1 aromatic rings. The first-order chi connectivity index (χ1) is 11.0. The van der Waals surface area contributed by atoms with Gasteiger partial charge in [-0.15, -0.1) is 0 Å². The molecule has 128 valence electrons. The van der Waals surface area contributed by atoms with Crippen molar-refractivity contribution in [2.45, 2.75) is 40.0 Å². The van der Waals surface area contributed by atoms with Gasteiger partial charge in [-0.25, -0.2) is 0 Å². The lowest BCUT2D eigenvalue weighted by Crippen LogP contribution is -2.46. The Hall–Kier alpha value is -0.990. The monoisotopic (exact) mass is 334 g/mol. The van der Waals surface area contributed by atoms with Gasteiger partial charge in [-0.05, 0) is 63.8 Å². The van der Waals surface area contributed by atoms with Crippen molar-refractivity contribution < 1.29 is 0 Å². The molecular formula is C20H31ClN2. The van der Waals surface area contributed by atoms with E-state index in [0.717, 1.165) is 37.1 Å². The van der Waals surface area contributed by atoms with Crippen LogP contribution in [-0.4, -0.2) is 37.6 Å². The summed E-state index contributed by atoms with van der Waals surface area (Å²) in [6, 6.07) is 8.21. The number of rotatable bonds is 7. The van der Waals surface area contributed by atoms with E-state index in [1.165, 1.54) is 37.1 Å². The van der Waals surface area contributed by atoms with Crippen molar-refractivity contribution in [1.29, 1.82) is 0 Å². The van der Waals surface area contributed by atoms with Crippen LogP contribution in [-0.2, 0) is 0 Å². The molecule has 1 fully saturated rings. The first kappa shape index (κ1) is 18.4. The van der Waals surface area contributed by atoms with Crippen LogP contribution in [0.2, 0.25) is 5.02 Å². The second-order valence-corrected chi connectivity index (χ2v) is 7.50. The number of nitrogens with zero attached hydrogens (tertiary/aromatic N) is 2. The van der Waals surface area contributed by atoms with E-state index in [0.29, 0.717) is 0 Å². The molecule has 3 heteroatoms. The first-order valence-corrected chi connectivity index (χ1v) is 9.28. The number of allylic oxidation sites excluding steroid dienone is 2. The van der Waals surface area contributed by atoms with Crippen molar-refractivity contribution in [1.82, 2.24) is 4.90 Å². The summed E-state index contributed by atoms with van der Waals surface area (Å²) in [6.07, 6.45) is 6.22. The molecule has 0 bridgehead atoms. The lowest BCUT2D eigenvalue weighted by Gasteiger charge is -2.36. The zero-order chi connectivity index (χ0) is 16.7. The lowest BCUT2D eigenvalue weighted by atomic mass is 10.0. The standard InChI is InChI=1S/C20H31ClN2/c1-17(2)6-4-7-18(3)10-11-22-12-14-23(15-13-22)20-9-5-8-19(21)16-20/h5-6,8-9,16,18H,4,7,10-15H2,1-3H3/t18-/m1/s1. The molecule has 0 radical (unpaired) electrons. The highest BCUT2D eigenvalue weighted by Gasteiger charge is 2.17. The SMILES string of the molecule is CC(C)=CCC[C@@H](C)CCN1CCN(c2cccc(Cl)c2)CC1. The van der Waals surface area contributed by atoms with E-state index >= 15 is 0 Å². The Morgan fingerprint density at radius 2 is 1.91 bits per heavy atom. The highest BCUT2D eigenvalue weighted by Crippen LogP contribution is 2.21. The van der Waals surface area contributed by atoms with Crippen LogP contribution in [0.15, 0.2) is 35.9 Å². The third-order valence-corrected chi connectivity index (χ3v) is 4.93. The molecule has 1 aliphatic rings. The number of hydrogen-bond acceptors (Lipinski definition) is 2. The van der Waals surface area contributed by atoms with Gasteiger partial charge in [0, 0.05) is 36.9 Å². The normalized spacial score (nSPS) is 17.1. The van der Waals surface area contributed by atoms with Gasteiger partial charge in [0.1, 0.15) is 0 Å². The van der Waals surface area contributed by atoms with Crippen LogP contribution in [0.25, 0.3) is 0 Å². The molecule has 2 nitrogen and oxygen atoms in total. The molecule has 0 aliphatic carbocycles. The summed E-state index contributed by atoms with van der Waals surface area (Å²) in [5.41, 5.74) is 2.70. The summed E-state index contributed by atoms with van der Waals surface area (Å²) >= 11 is 6.10. The minimum atomic E-state index is 0.816. The smallest absolute Gasteiger partial charge is 0.0426 e. The predicted octanol–water partition coefficient (Wildman–Crippen LogP) is 5.23. The van der Waals surface area contributed by atoms with Crippen LogP contribution in [0.3, 0.4) is 0 Å². The maximum Gasteiger partial charge on any atom is 0.0426 e. The van der Waals surface area contributed by atoms with Crippen LogP contribution >= 0.6 is 11.6 Å². The molecule has 0 aromatic heterocycles. The molecule has 0 N–H and O–H groups in total. The van der Waals surface area contributed by atoms with Gasteiger partial charge in [-0.2, -0.15) is 0 Å². The van der Waals surface area contributed by atoms with Crippen molar-refractivity contribution in [3.63, 3.8) is 0 Å². The minimum Gasteiger partial charge on any atom is -0.369 e. The molecule has 1 heterocycles. The molecule has 0 amide bonds. The Kier molecular flexibility index (Phi) is 7.45. The average Bonchev–Trinajstić information content (AvgIpc) is 2.53. The van der Waals surface area contributed by atoms with E-state index in [9.17, 15) is 0 Å². The van der Waals surface area contributed by atoms with Gasteiger partial charge in [0.15, 0.2) is 0 Å². The maximum atomic E-state index is 6.10. The molecule has 1 aliphatic heterocycles. The van der Waals surface area contributed by atoms with Gasteiger partial charge >= 0.3 is 0 Å². The average molecular weight is 335 g/mol. The molecule has 0 spiro atoms. The Labute approximate surface area is 147 Å². The van der Waals surface area contributed by atoms with E-state index in [2.05, 4.69) is 48.8 Å². The molecule has 1 aromatic carbocycles. The molecule has 2 rings (SSSR count). The number of hydrogen-bond donors (Lipinski definition) is 0. The van der Waals surface area contributed by atoms with Crippen molar-refractivity contribution >= 4 is 17.3 Å². The number of benzene rings is 1. The molecule has 23 heavy (non-hydrogen) atoms. The summed E-state index contributed by atoms with van der Waals surface area (Å²) in [5, 5.41) is 0.829. The third kappa shape index (κ3) is 6.56. The highest BCUT2D eigenvalue weighted by molar-refractivity contribution is 6.30. The zero-order valence-electron chi connectivity index (χ0n) is 14.9. The van der Waals surface area contributed by atoms with E-state index in [4.69, 9.17) is 11.6 Å². The maximum absolute atomic E-state index is 6.10. The van der Waals surface area contributed by atoms with Crippen molar-refractivity contribution in [3.8, 4) is 0 Å². The fourth-order valence-corrected chi connectivity index (χ4v) is 3.29. The second-order valence-electron chi connectivity index (χ2n) is 7.06. The highest BCUT2D eigenvalue weighted by atomic mass is 35.5. The summed E-state index contributed by atoms with van der Waals surface area (Å²) in [5.74, 6) is 0.816. The largest absolute Gasteiger partial charge is 0.369 e. The van der Waals surface area contributed by atoms with Gasteiger partial charge in [-0.1, -0.05) is 36.2 Å². The van der Waals surface area contributed by atoms with E-state index in [-0.39, 0.29) is 0 Å². The van der Waals surface area contributed by atoms with Crippen LogP contribution in [0, 0.1) is 5.92 Å². The van der Waals surface area contributed by atoms with E-state index in [1.807, 2.05) is 12.1 Å². The molecule has 1 atom stereocenters. The Morgan fingerprint density at radius 1 is 1.17 bits per heavy atom. The Bertz CT molecular complexity index is 500. The fraction of sp³-hybridized carbons (Fsp3) is 0.600. The van der Waals surface area contributed by atoms with Gasteiger partial charge < -0.3 is 4.90 Å². The Morgan fingerprint density at radius 3 is 2.57 bits per heavy atom. The van der Waals surface area contributed by atoms with E-state index in [1.54, 1.807) is 0 Å². The van der Waals surface area contributed by atoms with Crippen molar-refractivity contribution in [2.75, 3.05) is 37.6 Å². The van der Waals surface area contributed by atoms with Gasteiger partial charge in [0.25, 0.3) is 0 Å².